The Morgan fingerprint density at radius 2 is 1.57 bits per heavy atom. The number of hydrogen-bond acceptors (Lipinski definition) is 8. The van der Waals surface area contributed by atoms with Crippen molar-refractivity contribution in [2.45, 2.75) is 6.04 Å². The number of Topliss-reactive ketones (excluding diaryl/α,β-unsaturated/α-hetero) is 1. The highest BCUT2D eigenvalue weighted by Gasteiger charge is 2.46. The van der Waals surface area contributed by atoms with E-state index in [-0.39, 0.29) is 28.5 Å². The van der Waals surface area contributed by atoms with Crippen molar-refractivity contribution in [1.29, 1.82) is 0 Å². The molecule has 1 fully saturated rings. The summed E-state index contributed by atoms with van der Waals surface area (Å²) in [4.78, 5) is 29.7. The number of amides is 1. The summed E-state index contributed by atoms with van der Waals surface area (Å²) in [6.07, 6.45) is 0. The lowest BCUT2D eigenvalue weighted by Gasteiger charge is -2.27. The number of rotatable bonds is 9. The summed E-state index contributed by atoms with van der Waals surface area (Å²) in [6, 6.07) is 7.05. The van der Waals surface area contributed by atoms with E-state index in [9.17, 15) is 14.7 Å². The van der Waals surface area contributed by atoms with Crippen molar-refractivity contribution in [1.82, 2.24) is 9.80 Å². The molecule has 188 valence electrons. The van der Waals surface area contributed by atoms with Gasteiger partial charge in [-0.15, -0.1) is 0 Å². The minimum atomic E-state index is -0.899. The van der Waals surface area contributed by atoms with E-state index in [2.05, 4.69) is 0 Å². The highest BCUT2D eigenvalue weighted by molar-refractivity contribution is 6.46. The molecule has 1 heterocycles. The number of likely N-dealkylation sites (N-methyl/N-ethyl adjacent to an activating group) is 1. The van der Waals surface area contributed by atoms with E-state index in [1.165, 1.54) is 39.4 Å². The van der Waals surface area contributed by atoms with Gasteiger partial charge < -0.3 is 33.9 Å². The Bertz CT molecular complexity index is 1140. The zero-order valence-corrected chi connectivity index (χ0v) is 21.3. The molecular weight excluding hydrogens is 476 g/mol. The number of ketones is 1. The number of likely N-dealkylation sites (tertiary alicyclic amines) is 1. The van der Waals surface area contributed by atoms with E-state index in [0.29, 0.717) is 35.1 Å². The van der Waals surface area contributed by atoms with E-state index < -0.39 is 17.7 Å². The molecule has 0 spiro atoms. The van der Waals surface area contributed by atoms with Crippen LogP contribution in [0.5, 0.6) is 23.0 Å². The first-order chi connectivity index (χ1) is 16.7. The van der Waals surface area contributed by atoms with Gasteiger partial charge in [-0.3, -0.25) is 9.59 Å². The highest BCUT2D eigenvalue weighted by Crippen LogP contribution is 2.45. The van der Waals surface area contributed by atoms with Gasteiger partial charge in [0, 0.05) is 18.7 Å². The van der Waals surface area contributed by atoms with Crippen LogP contribution in [0.3, 0.4) is 0 Å². The second-order valence-corrected chi connectivity index (χ2v) is 8.51. The Hall–Kier alpha value is -3.43. The van der Waals surface area contributed by atoms with Crippen LogP contribution in [0, 0.1) is 0 Å². The van der Waals surface area contributed by atoms with Crippen LogP contribution < -0.4 is 18.9 Å². The molecule has 1 amide bonds. The lowest BCUT2D eigenvalue weighted by atomic mass is 9.94. The third-order valence-electron chi connectivity index (χ3n) is 5.76. The molecule has 1 saturated heterocycles. The van der Waals surface area contributed by atoms with E-state index in [4.69, 9.17) is 30.5 Å². The Kier molecular flexibility index (Phi) is 8.14. The largest absolute Gasteiger partial charge is 0.507 e. The Balaban J connectivity index is 2.26. The topological polar surface area (TPSA) is 97.8 Å². The van der Waals surface area contributed by atoms with Gasteiger partial charge in [0.1, 0.15) is 11.5 Å². The van der Waals surface area contributed by atoms with E-state index in [1.54, 1.807) is 24.3 Å². The molecule has 1 atom stereocenters. The number of methoxy groups -OCH3 is 4. The first-order valence-corrected chi connectivity index (χ1v) is 11.1. The maximum absolute atomic E-state index is 13.2. The fourth-order valence-corrected chi connectivity index (χ4v) is 4.25. The summed E-state index contributed by atoms with van der Waals surface area (Å²) in [5, 5.41) is 11.5. The zero-order chi connectivity index (χ0) is 25.9. The van der Waals surface area contributed by atoms with Crippen LogP contribution in [0.25, 0.3) is 5.76 Å². The summed E-state index contributed by atoms with van der Waals surface area (Å²) >= 11 is 6.25. The third-order valence-corrected chi connectivity index (χ3v) is 6.05. The van der Waals surface area contributed by atoms with Crippen LogP contribution in [-0.2, 0) is 9.59 Å². The molecule has 1 unspecified atom stereocenters. The molecule has 1 aliphatic heterocycles. The number of aliphatic hydroxyl groups is 1. The molecule has 0 saturated carbocycles. The van der Waals surface area contributed by atoms with Crippen molar-refractivity contribution in [3.05, 3.63) is 52.1 Å². The normalized spacial score (nSPS) is 17.1. The molecule has 1 aliphatic rings. The van der Waals surface area contributed by atoms with Gasteiger partial charge in [0.05, 0.1) is 45.1 Å². The molecule has 0 aliphatic carbocycles. The molecule has 2 aromatic carbocycles. The van der Waals surface area contributed by atoms with Gasteiger partial charge >= 0.3 is 0 Å². The summed E-state index contributed by atoms with van der Waals surface area (Å²) < 4.78 is 21.5. The second kappa shape index (κ2) is 10.9. The van der Waals surface area contributed by atoms with Crippen LogP contribution in [0.15, 0.2) is 35.9 Å². The van der Waals surface area contributed by atoms with E-state index in [0.717, 1.165) is 0 Å². The fraction of sp³-hybridized carbons (Fsp3) is 0.360. The van der Waals surface area contributed by atoms with Gasteiger partial charge in [-0.25, -0.2) is 0 Å². The molecule has 35 heavy (non-hydrogen) atoms. The third kappa shape index (κ3) is 5.01. The maximum Gasteiger partial charge on any atom is 0.295 e. The Labute approximate surface area is 209 Å². The SMILES string of the molecule is COc1ccc(C(O)=C2C(=O)C(=O)N(CCN(C)C)C2c2cc(OC)c(OC)c(OC)c2)cc1Cl. The number of benzene rings is 2. The summed E-state index contributed by atoms with van der Waals surface area (Å²) in [5.41, 5.74) is 0.724. The van der Waals surface area contributed by atoms with Crippen molar-refractivity contribution in [3.63, 3.8) is 0 Å². The molecule has 3 rings (SSSR count). The quantitative estimate of drug-likeness (QED) is 0.315. The molecule has 2 aromatic rings. The minimum Gasteiger partial charge on any atom is -0.507 e. The molecule has 0 radical (unpaired) electrons. The molecule has 9 nitrogen and oxygen atoms in total. The van der Waals surface area contributed by atoms with Crippen LogP contribution in [0.2, 0.25) is 5.02 Å². The van der Waals surface area contributed by atoms with Gasteiger partial charge in [0.15, 0.2) is 11.5 Å². The molecule has 0 aromatic heterocycles. The predicted molar refractivity (Wildman–Crippen MR) is 132 cm³/mol. The van der Waals surface area contributed by atoms with Gasteiger partial charge in [-0.2, -0.15) is 0 Å². The van der Waals surface area contributed by atoms with Crippen molar-refractivity contribution in [3.8, 4) is 23.0 Å². The van der Waals surface area contributed by atoms with Gasteiger partial charge in [0.25, 0.3) is 11.7 Å². The number of ether oxygens (including phenoxy) is 4. The smallest absolute Gasteiger partial charge is 0.295 e. The van der Waals surface area contributed by atoms with Gasteiger partial charge in [-0.05, 0) is 50.0 Å². The predicted octanol–water partition coefficient (Wildman–Crippen LogP) is 3.36. The lowest BCUT2D eigenvalue weighted by molar-refractivity contribution is -0.140. The van der Waals surface area contributed by atoms with Gasteiger partial charge in [-0.1, -0.05) is 11.6 Å². The number of carbonyl (C=O) groups excluding carboxylic acids is 2. The van der Waals surface area contributed by atoms with Crippen molar-refractivity contribution in [2.75, 3.05) is 55.6 Å². The minimum absolute atomic E-state index is 0.0655. The van der Waals surface area contributed by atoms with Gasteiger partial charge in [0.2, 0.25) is 5.75 Å². The van der Waals surface area contributed by atoms with E-state index >= 15 is 0 Å². The average molecular weight is 505 g/mol. The van der Waals surface area contributed by atoms with Crippen LogP contribution in [0.4, 0.5) is 0 Å². The zero-order valence-electron chi connectivity index (χ0n) is 20.5. The maximum atomic E-state index is 13.2. The monoisotopic (exact) mass is 504 g/mol. The lowest BCUT2D eigenvalue weighted by Crippen LogP contribution is -2.35. The Morgan fingerprint density at radius 1 is 0.971 bits per heavy atom. The van der Waals surface area contributed by atoms with Crippen LogP contribution in [-0.4, -0.2) is 82.2 Å². The van der Waals surface area contributed by atoms with Crippen molar-refractivity contribution >= 4 is 29.1 Å². The fourth-order valence-electron chi connectivity index (χ4n) is 3.99. The highest BCUT2D eigenvalue weighted by atomic mass is 35.5. The Morgan fingerprint density at radius 3 is 2.06 bits per heavy atom. The average Bonchev–Trinajstić information content (AvgIpc) is 3.10. The van der Waals surface area contributed by atoms with Crippen LogP contribution >= 0.6 is 11.6 Å². The number of halogens is 1. The van der Waals surface area contributed by atoms with Crippen molar-refractivity contribution in [2.24, 2.45) is 0 Å². The second-order valence-electron chi connectivity index (χ2n) is 8.10. The summed E-state index contributed by atoms with van der Waals surface area (Å²) in [5.74, 6) is -0.375. The van der Waals surface area contributed by atoms with Crippen molar-refractivity contribution < 1.29 is 33.6 Å². The molecule has 10 heteroatoms. The molecule has 1 N–H and O–H groups in total. The molecular formula is C25H29ClN2O7. The number of aliphatic hydroxyl groups excluding tert-OH is 1. The summed E-state index contributed by atoms with van der Waals surface area (Å²) in [6.45, 7) is 0.751. The van der Waals surface area contributed by atoms with Crippen LogP contribution in [0.1, 0.15) is 17.2 Å². The van der Waals surface area contributed by atoms with E-state index in [1.807, 2.05) is 19.0 Å². The standard InChI is InChI=1S/C25H29ClN2O7/c1-27(2)9-10-28-21(15-12-18(33-4)24(35-6)19(13-15)34-5)20(23(30)25(28)31)22(29)14-7-8-17(32-3)16(26)11-14/h7-8,11-13,21,29H,9-10H2,1-6H3. The summed E-state index contributed by atoms with van der Waals surface area (Å²) in [7, 11) is 9.64. The first kappa shape index (κ1) is 26.2. The number of hydrogen-bond donors (Lipinski definition) is 1. The number of nitrogens with zero attached hydrogens (tertiary/aromatic N) is 2. The number of carbonyl (C=O) groups is 2. The first-order valence-electron chi connectivity index (χ1n) is 10.7. The molecule has 0 bridgehead atoms.